The van der Waals surface area contributed by atoms with Crippen LogP contribution in [0.1, 0.15) is 33.7 Å². The van der Waals surface area contributed by atoms with Gasteiger partial charge < -0.3 is 5.73 Å². The monoisotopic (exact) mass is 245 g/mol. The van der Waals surface area contributed by atoms with Gasteiger partial charge in [0.25, 0.3) is 0 Å². The van der Waals surface area contributed by atoms with Gasteiger partial charge in [0.15, 0.2) is 5.82 Å². The number of tetrazole rings is 1. The summed E-state index contributed by atoms with van der Waals surface area (Å²) in [6.07, 6.45) is 0. The highest BCUT2D eigenvalue weighted by Crippen LogP contribution is 2.33. The van der Waals surface area contributed by atoms with E-state index in [4.69, 9.17) is 5.73 Å². The predicted molar refractivity (Wildman–Crippen MR) is 71.8 cm³/mol. The second kappa shape index (κ2) is 4.40. The van der Waals surface area contributed by atoms with Gasteiger partial charge >= 0.3 is 0 Å². The largest absolute Gasteiger partial charge is 0.398 e. The maximum Gasteiger partial charge on any atom is 0.184 e. The summed E-state index contributed by atoms with van der Waals surface area (Å²) in [6.45, 7) is 8.60. The van der Waals surface area contributed by atoms with Crippen LogP contribution in [0.25, 0.3) is 11.4 Å². The minimum Gasteiger partial charge on any atom is -0.398 e. The maximum atomic E-state index is 5.98. The topological polar surface area (TPSA) is 69.6 Å². The molecular weight excluding hydrogens is 226 g/mol. The van der Waals surface area contributed by atoms with Crippen molar-refractivity contribution in [3.8, 4) is 11.4 Å². The van der Waals surface area contributed by atoms with Crippen molar-refractivity contribution in [3.05, 3.63) is 24.3 Å². The van der Waals surface area contributed by atoms with E-state index in [9.17, 15) is 0 Å². The highest BCUT2D eigenvalue weighted by molar-refractivity contribution is 5.71. The first-order valence-electron chi connectivity index (χ1n) is 6.04. The molecule has 5 heteroatoms. The number of benzene rings is 1. The van der Waals surface area contributed by atoms with Gasteiger partial charge in [-0.15, -0.1) is 5.10 Å². The molecule has 2 N–H and O–H groups in total. The Morgan fingerprint density at radius 1 is 1.22 bits per heavy atom. The molecule has 2 rings (SSSR count). The number of anilines is 1. The quantitative estimate of drug-likeness (QED) is 0.825. The molecule has 0 spiro atoms. The van der Waals surface area contributed by atoms with Gasteiger partial charge in [0.05, 0.1) is 6.04 Å². The van der Waals surface area contributed by atoms with Crippen molar-refractivity contribution in [2.75, 3.05) is 5.73 Å². The molecule has 0 fully saturated rings. The number of nitrogens with zero attached hydrogens (tertiary/aromatic N) is 4. The SMILES string of the molecule is CC(n1nnnc1-c1ccccc1N)C(C)(C)C. The zero-order chi connectivity index (χ0) is 13.3. The Morgan fingerprint density at radius 3 is 2.50 bits per heavy atom. The van der Waals surface area contributed by atoms with Gasteiger partial charge in [-0.05, 0) is 34.9 Å². The average Bonchev–Trinajstić information content (AvgIpc) is 2.76. The second-order valence-electron chi connectivity index (χ2n) is 5.58. The number of hydrogen-bond acceptors (Lipinski definition) is 4. The Morgan fingerprint density at radius 2 is 1.89 bits per heavy atom. The Labute approximate surface area is 107 Å². The molecule has 1 aromatic carbocycles. The molecule has 0 saturated heterocycles. The van der Waals surface area contributed by atoms with Gasteiger partial charge in [-0.25, -0.2) is 4.68 Å². The van der Waals surface area contributed by atoms with Crippen LogP contribution in [-0.2, 0) is 0 Å². The van der Waals surface area contributed by atoms with E-state index in [1.54, 1.807) is 0 Å². The molecule has 0 amide bonds. The molecule has 5 nitrogen and oxygen atoms in total. The van der Waals surface area contributed by atoms with Crippen LogP contribution in [-0.4, -0.2) is 20.2 Å². The lowest BCUT2D eigenvalue weighted by Crippen LogP contribution is -2.23. The van der Waals surface area contributed by atoms with Gasteiger partial charge in [0.2, 0.25) is 0 Å². The molecule has 0 bridgehead atoms. The fourth-order valence-electron chi connectivity index (χ4n) is 1.70. The van der Waals surface area contributed by atoms with Crippen LogP contribution in [0.3, 0.4) is 0 Å². The lowest BCUT2D eigenvalue weighted by Gasteiger charge is -2.27. The molecule has 0 saturated carbocycles. The zero-order valence-electron chi connectivity index (χ0n) is 11.3. The van der Waals surface area contributed by atoms with Gasteiger partial charge in [0.1, 0.15) is 0 Å². The number of rotatable bonds is 2. The summed E-state index contributed by atoms with van der Waals surface area (Å²) in [5, 5.41) is 12.0. The molecule has 2 aromatic rings. The Hall–Kier alpha value is -1.91. The van der Waals surface area contributed by atoms with Crippen molar-refractivity contribution in [2.24, 2.45) is 5.41 Å². The van der Waals surface area contributed by atoms with E-state index in [2.05, 4.69) is 43.2 Å². The van der Waals surface area contributed by atoms with E-state index >= 15 is 0 Å². The van der Waals surface area contributed by atoms with E-state index in [0.717, 1.165) is 11.4 Å². The minimum atomic E-state index is 0.0771. The van der Waals surface area contributed by atoms with E-state index in [1.165, 1.54) is 0 Å². The number of para-hydroxylation sites is 1. The fraction of sp³-hybridized carbons (Fsp3) is 0.462. The van der Waals surface area contributed by atoms with Crippen LogP contribution >= 0.6 is 0 Å². The van der Waals surface area contributed by atoms with Crippen LogP contribution in [0.4, 0.5) is 5.69 Å². The molecular formula is C13H19N5. The second-order valence-corrected chi connectivity index (χ2v) is 5.58. The summed E-state index contributed by atoms with van der Waals surface area (Å²) in [5.41, 5.74) is 7.62. The van der Waals surface area contributed by atoms with E-state index < -0.39 is 0 Å². The summed E-state index contributed by atoms with van der Waals surface area (Å²) in [5.74, 6) is 0.718. The van der Waals surface area contributed by atoms with Gasteiger partial charge in [0, 0.05) is 11.3 Å². The molecule has 0 radical (unpaired) electrons. The molecule has 1 aromatic heterocycles. The lowest BCUT2D eigenvalue weighted by atomic mass is 9.88. The number of nitrogen functional groups attached to an aromatic ring is 1. The van der Waals surface area contributed by atoms with Crippen LogP contribution in [0.2, 0.25) is 0 Å². The average molecular weight is 245 g/mol. The van der Waals surface area contributed by atoms with Crippen molar-refractivity contribution in [1.82, 2.24) is 20.2 Å². The van der Waals surface area contributed by atoms with Crippen molar-refractivity contribution < 1.29 is 0 Å². The minimum absolute atomic E-state index is 0.0771. The van der Waals surface area contributed by atoms with Crippen molar-refractivity contribution in [2.45, 2.75) is 33.7 Å². The van der Waals surface area contributed by atoms with Crippen LogP contribution < -0.4 is 5.73 Å². The Bertz CT molecular complexity index is 538. The van der Waals surface area contributed by atoms with E-state index in [0.29, 0.717) is 5.69 Å². The normalized spacial score (nSPS) is 13.6. The Kier molecular flexibility index (Phi) is 3.07. The first kappa shape index (κ1) is 12.5. The van der Waals surface area contributed by atoms with Crippen LogP contribution in [0, 0.1) is 5.41 Å². The van der Waals surface area contributed by atoms with Crippen LogP contribution in [0.15, 0.2) is 24.3 Å². The van der Waals surface area contributed by atoms with E-state index in [1.807, 2.05) is 28.9 Å². The zero-order valence-corrected chi connectivity index (χ0v) is 11.3. The van der Waals surface area contributed by atoms with Crippen molar-refractivity contribution in [1.29, 1.82) is 0 Å². The van der Waals surface area contributed by atoms with E-state index in [-0.39, 0.29) is 11.5 Å². The molecule has 18 heavy (non-hydrogen) atoms. The number of nitrogens with two attached hydrogens (primary N) is 1. The third-order valence-electron chi connectivity index (χ3n) is 3.31. The Balaban J connectivity index is 2.49. The standard InChI is InChI=1S/C13H19N5/c1-9(13(2,3)4)18-12(15-16-17-18)10-7-5-6-8-11(10)14/h5-9H,14H2,1-4H3. The highest BCUT2D eigenvalue weighted by Gasteiger charge is 2.26. The maximum absolute atomic E-state index is 5.98. The lowest BCUT2D eigenvalue weighted by molar-refractivity contribution is 0.243. The summed E-state index contributed by atoms with van der Waals surface area (Å²) in [6, 6.07) is 7.82. The molecule has 96 valence electrons. The highest BCUT2D eigenvalue weighted by atomic mass is 15.5. The molecule has 0 aliphatic rings. The first-order chi connectivity index (χ1) is 8.41. The summed E-state index contributed by atoms with van der Waals surface area (Å²) in [4.78, 5) is 0. The van der Waals surface area contributed by atoms with Gasteiger partial charge in [-0.3, -0.25) is 0 Å². The number of aromatic nitrogens is 4. The van der Waals surface area contributed by atoms with Crippen molar-refractivity contribution >= 4 is 5.69 Å². The molecule has 0 aliphatic heterocycles. The first-order valence-corrected chi connectivity index (χ1v) is 6.04. The van der Waals surface area contributed by atoms with Crippen LogP contribution in [0.5, 0.6) is 0 Å². The summed E-state index contributed by atoms with van der Waals surface area (Å²) < 4.78 is 1.84. The fourth-order valence-corrected chi connectivity index (χ4v) is 1.70. The molecule has 1 atom stereocenters. The molecule has 1 heterocycles. The van der Waals surface area contributed by atoms with Gasteiger partial charge in [-0.2, -0.15) is 0 Å². The predicted octanol–water partition coefficient (Wildman–Crippen LogP) is 2.53. The summed E-state index contributed by atoms with van der Waals surface area (Å²) in [7, 11) is 0. The third-order valence-corrected chi connectivity index (χ3v) is 3.31. The van der Waals surface area contributed by atoms with Crippen molar-refractivity contribution in [3.63, 3.8) is 0 Å². The summed E-state index contributed by atoms with van der Waals surface area (Å²) >= 11 is 0. The molecule has 0 aliphatic carbocycles. The number of hydrogen-bond donors (Lipinski definition) is 1. The molecule has 1 unspecified atom stereocenters. The van der Waals surface area contributed by atoms with Gasteiger partial charge in [-0.1, -0.05) is 32.9 Å². The smallest absolute Gasteiger partial charge is 0.184 e. The third kappa shape index (κ3) is 2.20.